The number of carbonyl (C=O) groups excluding carboxylic acids is 4. The summed E-state index contributed by atoms with van der Waals surface area (Å²) in [7, 11) is 0. The average molecular weight is 1220 g/mol. The van der Waals surface area contributed by atoms with Crippen molar-refractivity contribution in [3.63, 3.8) is 0 Å². The van der Waals surface area contributed by atoms with Crippen molar-refractivity contribution in [2.45, 2.75) is 180 Å². The highest BCUT2D eigenvalue weighted by molar-refractivity contribution is 6.37. The molecule has 86 heavy (non-hydrogen) atoms. The van der Waals surface area contributed by atoms with Crippen molar-refractivity contribution in [2.75, 3.05) is 13.2 Å². The number of fused-ring (bicyclic) bond motifs is 4. The van der Waals surface area contributed by atoms with E-state index in [0.717, 1.165) is 54.6 Å². The van der Waals surface area contributed by atoms with Crippen LogP contribution in [0, 0.1) is 44.0 Å². The lowest BCUT2D eigenvalue weighted by Gasteiger charge is -2.23. The van der Waals surface area contributed by atoms with Crippen LogP contribution in [0.1, 0.15) is 142 Å². The monoisotopic (exact) mass is 1220 g/mol. The topological polar surface area (TPSA) is 162 Å². The molecule has 8 aromatic rings. The lowest BCUT2D eigenvalue weighted by atomic mass is 10.1. The Morgan fingerprint density at radius 2 is 0.849 bits per heavy atom. The Hall–Kier alpha value is -7.87. The number of hydrogen-bond acceptors (Lipinski definition) is 12. The summed E-state index contributed by atoms with van der Waals surface area (Å²) in [6.45, 7) is 38.7. The number of rotatable bonds is 8. The van der Waals surface area contributed by atoms with Crippen LogP contribution in [0.4, 0.5) is 36.7 Å². The molecule has 0 fully saturated rings. The number of halogens is 5. The summed E-state index contributed by atoms with van der Waals surface area (Å²) >= 11 is 6.35. The van der Waals surface area contributed by atoms with E-state index < -0.39 is 64.2 Å². The van der Waals surface area contributed by atoms with Crippen LogP contribution in [0.5, 0.6) is 23.0 Å². The first-order chi connectivity index (χ1) is 39.7. The Morgan fingerprint density at radius 3 is 1.30 bits per heavy atom. The molecule has 0 aliphatic rings. The van der Waals surface area contributed by atoms with E-state index in [9.17, 15) is 36.7 Å². The molecule has 8 rings (SSSR count). The summed E-state index contributed by atoms with van der Waals surface area (Å²) in [5.74, 6) is -2.82. The van der Waals surface area contributed by atoms with E-state index >= 15 is 0 Å². The van der Waals surface area contributed by atoms with Gasteiger partial charge in [0.1, 0.15) is 33.9 Å². The Labute approximate surface area is 505 Å². The molecule has 16 nitrogen and oxygen atoms in total. The SMILES string of the molecule is CCOC(=O)n1ccc2c(Cl)c(OC(C)(C)C)ccc21.CCOC(=O)n1ccc2c(F)c(OC(C)(C)C)c(F)cc21.Cc1c(OC(C)(C)C)ccc2c1cc(C)n2C(=O)OC(C)C.Cc1cc2c(F)c(OC(C)(C)C)c(F)cc2n1C(=O)OC(C)C. The van der Waals surface area contributed by atoms with E-state index in [1.54, 1.807) is 105 Å². The van der Waals surface area contributed by atoms with Gasteiger partial charge in [0.15, 0.2) is 34.8 Å². The molecule has 0 aliphatic heterocycles. The molecule has 0 radical (unpaired) electrons. The van der Waals surface area contributed by atoms with Crippen LogP contribution in [0.15, 0.2) is 73.1 Å². The molecule has 0 saturated carbocycles. The fourth-order valence-corrected chi connectivity index (χ4v) is 8.88. The number of aryl methyl sites for hydroxylation is 3. The van der Waals surface area contributed by atoms with Gasteiger partial charge in [-0.25, -0.2) is 45.9 Å². The Morgan fingerprint density at radius 1 is 0.465 bits per heavy atom. The maximum absolute atomic E-state index is 14.6. The van der Waals surface area contributed by atoms with E-state index in [0.29, 0.717) is 28.6 Å². The van der Waals surface area contributed by atoms with Crippen molar-refractivity contribution in [1.82, 2.24) is 18.3 Å². The summed E-state index contributed by atoms with van der Waals surface area (Å²) < 4.78 is 105. The minimum absolute atomic E-state index is 0.101. The second kappa shape index (κ2) is 27.2. The predicted molar refractivity (Wildman–Crippen MR) is 327 cm³/mol. The normalized spacial score (nSPS) is 11.9. The molecule has 0 N–H and O–H groups in total. The predicted octanol–water partition coefficient (Wildman–Crippen LogP) is 18.2. The maximum Gasteiger partial charge on any atom is 0.418 e. The Bertz CT molecular complexity index is 3770. The van der Waals surface area contributed by atoms with E-state index in [2.05, 4.69) is 0 Å². The molecule has 468 valence electrons. The molecule has 0 amide bonds. The second-order valence-corrected chi connectivity index (χ2v) is 24.9. The maximum atomic E-state index is 14.6. The van der Waals surface area contributed by atoms with Crippen molar-refractivity contribution in [1.29, 1.82) is 0 Å². The third kappa shape index (κ3) is 17.2. The number of carbonyl (C=O) groups is 4. The molecular formula is C65H81ClF4N4O12. The van der Waals surface area contributed by atoms with Gasteiger partial charge in [0.25, 0.3) is 0 Å². The van der Waals surface area contributed by atoms with E-state index in [-0.39, 0.29) is 57.9 Å². The average Bonchev–Trinajstić information content (AvgIpc) is 1.83. The summed E-state index contributed by atoms with van der Waals surface area (Å²) in [6, 6.07) is 16.2. The summed E-state index contributed by atoms with van der Waals surface area (Å²) in [5, 5.41) is 2.49. The van der Waals surface area contributed by atoms with Gasteiger partial charge in [-0.1, -0.05) is 11.6 Å². The lowest BCUT2D eigenvalue weighted by molar-refractivity contribution is 0.116. The van der Waals surface area contributed by atoms with E-state index in [4.69, 9.17) is 49.5 Å². The molecule has 0 atom stereocenters. The third-order valence-corrected chi connectivity index (χ3v) is 12.1. The second-order valence-electron chi connectivity index (χ2n) is 24.5. The molecule has 0 unspecified atom stereocenters. The van der Waals surface area contributed by atoms with Gasteiger partial charge in [-0.3, -0.25) is 9.13 Å². The third-order valence-electron chi connectivity index (χ3n) is 11.8. The number of ether oxygens (including phenoxy) is 8. The van der Waals surface area contributed by atoms with E-state index in [1.807, 2.05) is 87.4 Å². The molecule has 4 heterocycles. The number of hydrogen-bond donors (Lipinski definition) is 0. The lowest BCUT2D eigenvalue weighted by Crippen LogP contribution is -2.24. The van der Waals surface area contributed by atoms with Gasteiger partial charge in [0, 0.05) is 63.0 Å². The fourth-order valence-electron chi connectivity index (χ4n) is 8.62. The highest BCUT2D eigenvalue weighted by Gasteiger charge is 2.28. The van der Waals surface area contributed by atoms with Crippen LogP contribution >= 0.6 is 11.6 Å². The summed E-state index contributed by atoms with van der Waals surface area (Å²) in [5.41, 5.74) is 2.04. The van der Waals surface area contributed by atoms with Gasteiger partial charge < -0.3 is 37.9 Å². The zero-order valence-corrected chi connectivity index (χ0v) is 53.8. The van der Waals surface area contributed by atoms with Crippen molar-refractivity contribution in [3.05, 3.63) is 118 Å². The molecule has 0 spiro atoms. The van der Waals surface area contributed by atoms with Gasteiger partial charge in [-0.05, 0) is 194 Å². The largest absolute Gasteiger partial charge is 0.488 e. The first-order valence-corrected chi connectivity index (χ1v) is 28.5. The number of nitrogens with zero attached hydrogens (tertiary/aromatic N) is 4. The van der Waals surface area contributed by atoms with Crippen LogP contribution in [-0.2, 0) is 18.9 Å². The molecule has 4 aromatic carbocycles. The smallest absolute Gasteiger partial charge is 0.418 e. The van der Waals surface area contributed by atoms with Gasteiger partial charge in [-0.15, -0.1) is 0 Å². The zero-order chi connectivity index (χ0) is 64.9. The van der Waals surface area contributed by atoms with Crippen molar-refractivity contribution in [3.8, 4) is 23.0 Å². The van der Waals surface area contributed by atoms with Crippen molar-refractivity contribution < 1.29 is 74.6 Å². The van der Waals surface area contributed by atoms with Crippen LogP contribution in [0.3, 0.4) is 0 Å². The molecule has 21 heteroatoms. The van der Waals surface area contributed by atoms with Gasteiger partial charge in [0.2, 0.25) is 0 Å². The standard InChI is InChI=1S/C18H25NO3.C17H21F2NO3.C15H18ClNO3.C15H17F2NO3/c1-11(2)21-17(20)19-12(3)10-14-13(4)16(9-8-15(14)19)22-18(5,6)7;1-9(2)22-16(21)20-10(3)7-11-13(20)8-12(18)15(14(11)19)23-17(4,5)6;1-5-19-14(18)17-9-8-10-11(17)6-7-12(13(10)16)20-15(2,3)4;1-5-20-14(19)18-7-6-9-11(18)8-10(16)13(12(9)17)21-15(2,3)4/h8-11H,1-7H3;7-9H,1-6H3;6-9H,5H2,1-4H3;6-8H,5H2,1-4H3. The minimum atomic E-state index is -0.862. The molecule has 4 aromatic heterocycles. The van der Waals surface area contributed by atoms with Gasteiger partial charge >= 0.3 is 24.4 Å². The fraction of sp³-hybridized carbons (Fsp3) is 0.446. The van der Waals surface area contributed by atoms with Gasteiger partial charge in [-0.2, -0.15) is 0 Å². The molecule has 0 aliphatic carbocycles. The highest BCUT2D eigenvalue weighted by atomic mass is 35.5. The van der Waals surface area contributed by atoms with Crippen LogP contribution in [0.2, 0.25) is 5.02 Å². The van der Waals surface area contributed by atoms with Crippen LogP contribution in [0.25, 0.3) is 43.6 Å². The molecule has 0 saturated heterocycles. The Kier molecular flexibility index (Phi) is 21.8. The minimum Gasteiger partial charge on any atom is -0.488 e. The number of aromatic nitrogens is 4. The quantitative estimate of drug-likeness (QED) is 0.105. The number of benzene rings is 4. The zero-order valence-electron chi connectivity index (χ0n) is 53.1. The van der Waals surface area contributed by atoms with Crippen molar-refractivity contribution >= 4 is 79.6 Å². The highest BCUT2D eigenvalue weighted by Crippen LogP contribution is 2.38. The van der Waals surface area contributed by atoms with E-state index in [1.165, 1.54) is 22.9 Å². The van der Waals surface area contributed by atoms with Crippen LogP contribution < -0.4 is 18.9 Å². The first kappa shape index (κ1) is 68.9. The van der Waals surface area contributed by atoms with Crippen LogP contribution in [-0.4, -0.2) is 90.5 Å². The van der Waals surface area contributed by atoms with Crippen molar-refractivity contribution in [2.24, 2.45) is 0 Å². The molecule has 0 bridgehead atoms. The van der Waals surface area contributed by atoms with Gasteiger partial charge in [0.05, 0.1) is 52.5 Å². The Balaban J connectivity index is 0.000000210. The summed E-state index contributed by atoms with van der Waals surface area (Å²) in [4.78, 5) is 48.0. The summed E-state index contributed by atoms with van der Waals surface area (Å²) in [6.07, 6.45) is 0.397. The molecular weight excluding hydrogens is 1140 g/mol. The first-order valence-electron chi connectivity index (χ1n) is 28.1.